The predicted molar refractivity (Wildman–Crippen MR) is 135 cm³/mol. The first-order chi connectivity index (χ1) is 16.5. The molecular formula is C25H26N6O2S. The van der Waals surface area contributed by atoms with Crippen LogP contribution in [0.15, 0.2) is 75.7 Å². The molecule has 0 fully saturated rings. The number of rotatable bonds is 8. The molecule has 3 aromatic heterocycles. The number of hydrogen-bond acceptors (Lipinski definition) is 5. The fourth-order valence-corrected chi connectivity index (χ4v) is 5.21. The molecule has 8 nitrogen and oxygen atoms in total. The van der Waals surface area contributed by atoms with Crippen LogP contribution in [-0.2, 0) is 33.6 Å². The smallest absolute Gasteiger partial charge is 0.328 e. The van der Waals surface area contributed by atoms with Crippen molar-refractivity contribution in [3.8, 4) is 0 Å². The minimum Gasteiger partial charge on any atom is -0.328 e. The number of imidazole rings is 2. The molecule has 0 N–H and O–H groups in total. The predicted octanol–water partition coefficient (Wildman–Crippen LogP) is 3.21. The van der Waals surface area contributed by atoms with Gasteiger partial charge in [-0.25, -0.2) is 14.8 Å². The summed E-state index contributed by atoms with van der Waals surface area (Å²) in [6.45, 7) is 1.19. The van der Waals surface area contributed by atoms with Gasteiger partial charge in [0.05, 0.1) is 17.4 Å². The molecule has 0 saturated heterocycles. The molecular weight excluding hydrogens is 448 g/mol. The highest BCUT2D eigenvalue weighted by molar-refractivity contribution is 7.99. The second kappa shape index (κ2) is 9.34. The summed E-state index contributed by atoms with van der Waals surface area (Å²) in [5, 5.41) is 0.958. The Bertz CT molecular complexity index is 1580. The summed E-state index contributed by atoms with van der Waals surface area (Å²) in [4.78, 5) is 34.7. The van der Waals surface area contributed by atoms with Crippen molar-refractivity contribution >= 4 is 34.0 Å². The van der Waals surface area contributed by atoms with Crippen molar-refractivity contribution in [2.75, 3.05) is 5.75 Å². The molecule has 174 valence electrons. The molecule has 0 radical (unpaired) electrons. The minimum absolute atomic E-state index is 0.293. The van der Waals surface area contributed by atoms with Crippen molar-refractivity contribution in [1.29, 1.82) is 0 Å². The number of aromatic nitrogens is 6. The molecule has 5 rings (SSSR count). The van der Waals surface area contributed by atoms with Gasteiger partial charge in [-0.1, -0.05) is 54.2 Å². The van der Waals surface area contributed by atoms with Crippen LogP contribution in [0.4, 0.5) is 0 Å². The number of fused-ring (bicyclic) bond motifs is 2. The van der Waals surface area contributed by atoms with E-state index in [-0.39, 0.29) is 11.2 Å². The number of benzene rings is 2. The number of hydrogen-bond donors (Lipinski definition) is 0. The summed E-state index contributed by atoms with van der Waals surface area (Å²) in [7, 11) is 3.42. The van der Waals surface area contributed by atoms with E-state index < -0.39 is 0 Å². The fraction of sp³-hybridized carbons (Fsp3) is 0.280. The molecule has 0 unspecified atom stereocenters. The van der Waals surface area contributed by atoms with Gasteiger partial charge in [-0.15, -0.1) is 0 Å². The lowest BCUT2D eigenvalue weighted by atomic mass is 10.1. The Labute approximate surface area is 200 Å². The summed E-state index contributed by atoms with van der Waals surface area (Å²) >= 11 is 1.66. The summed E-state index contributed by atoms with van der Waals surface area (Å²) in [6, 6.07) is 18.6. The molecule has 0 aliphatic rings. The third kappa shape index (κ3) is 4.07. The average Bonchev–Trinajstić information content (AvgIpc) is 3.41. The second-order valence-electron chi connectivity index (χ2n) is 8.30. The lowest BCUT2D eigenvalue weighted by Crippen LogP contribution is -2.39. The second-order valence-corrected chi connectivity index (χ2v) is 9.36. The van der Waals surface area contributed by atoms with E-state index in [0.29, 0.717) is 24.1 Å². The monoisotopic (exact) mass is 474 g/mol. The van der Waals surface area contributed by atoms with E-state index in [1.54, 1.807) is 36.8 Å². The van der Waals surface area contributed by atoms with Crippen molar-refractivity contribution < 1.29 is 0 Å². The molecule has 0 aliphatic heterocycles. The Morgan fingerprint density at radius 3 is 2.50 bits per heavy atom. The number of thioether (sulfide) groups is 1. The normalized spacial score (nSPS) is 11.6. The minimum atomic E-state index is -0.337. The van der Waals surface area contributed by atoms with E-state index in [2.05, 4.69) is 39.9 Å². The van der Waals surface area contributed by atoms with E-state index >= 15 is 0 Å². The highest BCUT2D eigenvalue weighted by atomic mass is 32.2. The van der Waals surface area contributed by atoms with Gasteiger partial charge in [-0.05, 0) is 30.5 Å². The SMILES string of the molecule is Cn1cnc2c1c(=O)n(CCCSc1nc3ccccc3n1CCc1ccccc1)c(=O)n2C. The average molecular weight is 475 g/mol. The van der Waals surface area contributed by atoms with Crippen LogP contribution < -0.4 is 11.2 Å². The van der Waals surface area contributed by atoms with E-state index in [9.17, 15) is 9.59 Å². The molecule has 0 spiro atoms. The van der Waals surface area contributed by atoms with Gasteiger partial charge < -0.3 is 9.13 Å². The Balaban J connectivity index is 1.33. The first-order valence-corrected chi connectivity index (χ1v) is 12.3. The zero-order chi connectivity index (χ0) is 23.7. The Morgan fingerprint density at radius 2 is 1.68 bits per heavy atom. The largest absolute Gasteiger partial charge is 0.332 e. The van der Waals surface area contributed by atoms with Gasteiger partial charge in [0.1, 0.15) is 0 Å². The summed E-state index contributed by atoms with van der Waals surface area (Å²) in [5.41, 5.74) is 3.61. The summed E-state index contributed by atoms with van der Waals surface area (Å²) in [5.74, 6) is 0.744. The maximum atomic E-state index is 12.9. The van der Waals surface area contributed by atoms with E-state index in [0.717, 1.165) is 34.9 Å². The van der Waals surface area contributed by atoms with Crippen LogP contribution in [0.1, 0.15) is 12.0 Å². The number of aryl methyl sites for hydroxylation is 4. The summed E-state index contributed by atoms with van der Waals surface area (Å²) < 4.78 is 6.67. The maximum absolute atomic E-state index is 12.9. The highest BCUT2D eigenvalue weighted by Crippen LogP contribution is 2.25. The van der Waals surface area contributed by atoms with Crippen LogP contribution in [0, 0.1) is 0 Å². The molecule has 5 aromatic rings. The van der Waals surface area contributed by atoms with E-state index in [1.165, 1.54) is 14.7 Å². The van der Waals surface area contributed by atoms with Crippen LogP contribution in [0.3, 0.4) is 0 Å². The molecule has 0 amide bonds. The quantitative estimate of drug-likeness (QED) is 0.255. The molecule has 2 aromatic carbocycles. The third-order valence-electron chi connectivity index (χ3n) is 6.04. The lowest BCUT2D eigenvalue weighted by Gasteiger charge is -2.10. The molecule has 0 saturated carbocycles. The van der Waals surface area contributed by atoms with Crippen LogP contribution in [0.25, 0.3) is 22.2 Å². The lowest BCUT2D eigenvalue weighted by molar-refractivity contribution is 0.593. The van der Waals surface area contributed by atoms with Gasteiger partial charge in [0.15, 0.2) is 16.3 Å². The molecule has 0 atom stereocenters. The van der Waals surface area contributed by atoms with Crippen molar-refractivity contribution in [3.63, 3.8) is 0 Å². The van der Waals surface area contributed by atoms with Gasteiger partial charge in [0.2, 0.25) is 0 Å². The standard InChI is InChI=1S/C25H26N6O2S/c1-28-17-26-22-21(28)23(32)31(25(33)29(22)2)14-8-16-34-24-27-19-11-6-7-12-20(19)30(24)15-13-18-9-4-3-5-10-18/h3-7,9-12,17H,8,13-16H2,1-2H3. The van der Waals surface area contributed by atoms with Gasteiger partial charge in [0.25, 0.3) is 5.56 Å². The van der Waals surface area contributed by atoms with Crippen molar-refractivity contribution in [3.05, 3.63) is 87.3 Å². The first kappa shape index (κ1) is 22.2. The molecule has 0 bridgehead atoms. The maximum Gasteiger partial charge on any atom is 0.332 e. The Hall–Kier alpha value is -3.59. The number of para-hydroxylation sites is 2. The van der Waals surface area contributed by atoms with Crippen molar-refractivity contribution in [1.82, 2.24) is 28.2 Å². The topological polar surface area (TPSA) is 79.6 Å². The molecule has 34 heavy (non-hydrogen) atoms. The first-order valence-electron chi connectivity index (χ1n) is 11.3. The molecule has 9 heteroatoms. The zero-order valence-electron chi connectivity index (χ0n) is 19.2. The van der Waals surface area contributed by atoms with Crippen LogP contribution in [0.5, 0.6) is 0 Å². The van der Waals surface area contributed by atoms with Crippen LogP contribution in [0.2, 0.25) is 0 Å². The van der Waals surface area contributed by atoms with E-state index in [1.807, 2.05) is 24.3 Å². The van der Waals surface area contributed by atoms with E-state index in [4.69, 9.17) is 4.98 Å². The highest BCUT2D eigenvalue weighted by Gasteiger charge is 2.15. The molecule has 0 aliphatic carbocycles. The van der Waals surface area contributed by atoms with Crippen LogP contribution in [-0.4, -0.2) is 34.0 Å². The molecule has 3 heterocycles. The van der Waals surface area contributed by atoms with Gasteiger partial charge in [-0.3, -0.25) is 13.9 Å². The Morgan fingerprint density at radius 1 is 0.912 bits per heavy atom. The van der Waals surface area contributed by atoms with Crippen molar-refractivity contribution in [2.24, 2.45) is 14.1 Å². The van der Waals surface area contributed by atoms with Crippen LogP contribution >= 0.6 is 11.8 Å². The zero-order valence-corrected chi connectivity index (χ0v) is 20.0. The van der Waals surface area contributed by atoms with Gasteiger partial charge in [-0.2, -0.15) is 0 Å². The fourth-order valence-electron chi connectivity index (χ4n) is 4.24. The Kier molecular flexibility index (Phi) is 6.10. The number of nitrogens with zero attached hydrogens (tertiary/aromatic N) is 6. The van der Waals surface area contributed by atoms with Gasteiger partial charge in [0, 0.05) is 32.9 Å². The van der Waals surface area contributed by atoms with Gasteiger partial charge >= 0.3 is 5.69 Å². The summed E-state index contributed by atoms with van der Waals surface area (Å²) in [6.07, 6.45) is 3.15. The van der Waals surface area contributed by atoms with Crippen molar-refractivity contribution in [2.45, 2.75) is 31.1 Å². The third-order valence-corrected chi connectivity index (χ3v) is 7.11.